The molecule has 1 saturated carbocycles. The molecule has 80 valence electrons. The molecular weight excluding hydrogens is 180 g/mol. The molecule has 0 aromatic carbocycles. The van der Waals surface area contributed by atoms with Crippen LogP contribution in [0.2, 0.25) is 0 Å². The van der Waals surface area contributed by atoms with Gasteiger partial charge in [-0.2, -0.15) is 0 Å². The SMILES string of the molecule is CCOC(=O)/C=C1/CCCCC1OC. The van der Waals surface area contributed by atoms with E-state index in [9.17, 15) is 4.79 Å². The lowest BCUT2D eigenvalue weighted by Crippen LogP contribution is -2.19. The van der Waals surface area contributed by atoms with Crippen LogP contribution in [-0.4, -0.2) is 25.8 Å². The maximum Gasteiger partial charge on any atom is 0.330 e. The topological polar surface area (TPSA) is 35.5 Å². The molecule has 14 heavy (non-hydrogen) atoms. The Balaban J connectivity index is 2.57. The molecule has 0 heterocycles. The molecule has 1 atom stereocenters. The first-order valence-corrected chi connectivity index (χ1v) is 5.18. The Hall–Kier alpha value is -0.830. The van der Waals surface area contributed by atoms with Crippen molar-refractivity contribution in [2.75, 3.05) is 13.7 Å². The highest BCUT2D eigenvalue weighted by Crippen LogP contribution is 2.25. The van der Waals surface area contributed by atoms with E-state index in [4.69, 9.17) is 9.47 Å². The van der Waals surface area contributed by atoms with E-state index in [1.165, 1.54) is 6.42 Å². The molecule has 0 aromatic rings. The molecule has 0 aromatic heterocycles. The van der Waals surface area contributed by atoms with Crippen molar-refractivity contribution >= 4 is 5.97 Å². The van der Waals surface area contributed by atoms with Crippen molar-refractivity contribution < 1.29 is 14.3 Å². The zero-order valence-corrected chi connectivity index (χ0v) is 8.91. The summed E-state index contributed by atoms with van der Waals surface area (Å²) in [6.07, 6.45) is 6.01. The van der Waals surface area contributed by atoms with E-state index in [0.717, 1.165) is 24.8 Å². The highest BCUT2D eigenvalue weighted by molar-refractivity contribution is 5.83. The third-order valence-electron chi connectivity index (χ3n) is 2.47. The fraction of sp³-hybridized carbons (Fsp3) is 0.727. The Morgan fingerprint density at radius 2 is 2.36 bits per heavy atom. The van der Waals surface area contributed by atoms with Gasteiger partial charge in [0.1, 0.15) is 0 Å². The van der Waals surface area contributed by atoms with Crippen molar-refractivity contribution in [3.8, 4) is 0 Å². The van der Waals surface area contributed by atoms with Gasteiger partial charge in [-0.15, -0.1) is 0 Å². The van der Waals surface area contributed by atoms with Gasteiger partial charge in [0.25, 0.3) is 0 Å². The third kappa shape index (κ3) is 3.14. The van der Waals surface area contributed by atoms with Crippen LogP contribution < -0.4 is 0 Å². The van der Waals surface area contributed by atoms with Crippen LogP contribution >= 0.6 is 0 Å². The van der Waals surface area contributed by atoms with Crippen LogP contribution in [0.5, 0.6) is 0 Å². The first-order chi connectivity index (χ1) is 6.77. The van der Waals surface area contributed by atoms with E-state index in [1.54, 1.807) is 13.2 Å². The van der Waals surface area contributed by atoms with Crippen molar-refractivity contribution in [1.29, 1.82) is 0 Å². The van der Waals surface area contributed by atoms with Gasteiger partial charge in [-0.1, -0.05) is 6.42 Å². The minimum Gasteiger partial charge on any atom is -0.463 e. The molecule has 0 N–H and O–H groups in total. The van der Waals surface area contributed by atoms with E-state index in [0.29, 0.717) is 6.61 Å². The van der Waals surface area contributed by atoms with Crippen LogP contribution in [0.4, 0.5) is 0 Å². The molecule has 3 nitrogen and oxygen atoms in total. The van der Waals surface area contributed by atoms with Crippen LogP contribution in [-0.2, 0) is 14.3 Å². The summed E-state index contributed by atoms with van der Waals surface area (Å²) in [5.74, 6) is -0.244. The number of hydrogen-bond donors (Lipinski definition) is 0. The van der Waals surface area contributed by atoms with Crippen LogP contribution in [0.15, 0.2) is 11.6 Å². The van der Waals surface area contributed by atoms with Gasteiger partial charge in [-0.05, 0) is 31.8 Å². The summed E-state index contributed by atoms with van der Waals surface area (Å²) in [7, 11) is 1.69. The summed E-state index contributed by atoms with van der Waals surface area (Å²) in [5.41, 5.74) is 1.08. The molecule has 0 spiro atoms. The molecule has 0 aliphatic heterocycles. The lowest BCUT2D eigenvalue weighted by atomic mass is 9.92. The molecule has 1 aliphatic rings. The van der Waals surface area contributed by atoms with Crippen LogP contribution in [0.3, 0.4) is 0 Å². The van der Waals surface area contributed by atoms with Gasteiger partial charge in [0, 0.05) is 13.2 Å². The second kappa shape index (κ2) is 5.81. The van der Waals surface area contributed by atoms with Crippen molar-refractivity contribution in [3.05, 3.63) is 11.6 Å². The second-order valence-corrected chi connectivity index (χ2v) is 3.44. The first-order valence-electron chi connectivity index (χ1n) is 5.18. The zero-order chi connectivity index (χ0) is 10.4. The van der Waals surface area contributed by atoms with Gasteiger partial charge in [0.2, 0.25) is 0 Å². The smallest absolute Gasteiger partial charge is 0.330 e. The van der Waals surface area contributed by atoms with E-state index >= 15 is 0 Å². The quantitative estimate of drug-likeness (QED) is 0.514. The van der Waals surface area contributed by atoms with Crippen LogP contribution in [0.1, 0.15) is 32.6 Å². The standard InChI is InChI=1S/C11H18O3/c1-3-14-11(12)8-9-6-4-5-7-10(9)13-2/h8,10H,3-7H2,1-2H3/b9-8-. The largest absolute Gasteiger partial charge is 0.463 e. The zero-order valence-electron chi connectivity index (χ0n) is 8.91. The first kappa shape index (κ1) is 11.2. The lowest BCUT2D eigenvalue weighted by molar-refractivity contribution is -0.137. The maximum atomic E-state index is 11.2. The Morgan fingerprint density at radius 1 is 1.57 bits per heavy atom. The molecule has 0 radical (unpaired) electrons. The van der Waals surface area contributed by atoms with Crippen molar-refractivity contribution in [1.82, 2.24) is 0 Å². The van der Waals surface area contributed by atoms with Crippen molar-refractivity contribution in [3.63, 3.8) is 0 Å². The normalized spacial score (nSPS) is 25.0. The van der Waals surface area contributed by atoms with E-state index < -0.39 is 0 Å². The number of ether oxygens (including phenoxy) is 2. The number of rotatable bonds is 3. The molecule has 0 saturated heterocycles. The minimum atomic E-state index is -0.244. The Labute approximate surface area is 85.1 Å². The fourth-order valence-electron chi connectivity index (χ4n) is 1.77. The molecule has 1 fully saturated rings. The number of esters is 1. The minimum absolute atomic E-state index is 0.119. The molecule has 3 heteroatoms. The summed E-state index contributed by atoms with van der Waals surface area (Å²) < 4.78 is 10.2. The predicted molar refractivity (Wildman–Crippen MR) is 54.0 cm³/mol. The highest BCUT2D eigenvalue weighted by atomic mass is 16.5. The third-order valence-corrected chi connectivity index (χ3v) is 2.47. The lowest BCUT2D eigenvalue weighted by Gasteiger charge is -2.23. The molecule has 1 rings (SSSR count). The molecule has 0 bridgehead atoms. The monoisotopic (exact) mass is 198 g/mol. The number of carbonyl (C=O) groups is 1. The Kier molecular flexibility index (Phi) is 4.66. The average Bonchev–Trinajstić information content (AvgIpc) is 2.19. The van der Waals surface area contributed by atoms with E-state index in [1.807, 2.05) is 6.92 Å². The molecular formula is C11H18O3. The number of hydrogen-bond acceptors (Lipinski definition) is 3. The van der Waals surface area contributed by atoms with Gasteiger partial charge < -0.3 is 9.47 Å². The number of methoxy groups -OCH3 is 1. The van der Waals surface area contributed by atoms with Crippen molar-refractivity contribution in [2.24, 2.45) is 0 Å². The van der Waals surface area contributed by atoms with Gasteiger partial charge in [-0.25, -0.2) is 4.79 Å². The second-order valence-electron chi connectivity index (χ2n) is 3.44. The van der Waals surface area contributed by atoms with Crippen LogP contribution in [0.25, 0.3) is 0 Å². The maximum absolute atomic E-state index is 11.2. The van der Waals surface area contributed by atoms with Crippen molar-refractivity contribution in [2.45, 2.75) is 38.7 Å². The summed E-state index contributed by atoms with van der Waals surface area (Å²) in [6, 6.07) is 0. The van der Waals surface area contributed by atoms with Gasteiger partial charge in [0.15, 0.2) is 0 Å². The predicted octanol–water partition coefficient (Wildman–Crippen LogP) is 2.06. The Bertz CT molecular complexity index is 221. The number of carbonyl (C=O) groups excluding carboxylic acids is 1. The highest BCUT2D eigenvalue weighted by Gasteiger charge is 2.19. The fourth-order valence-corrected chi connectivity index (χ4v) is 1.77. The summed E-state index contributed by atoms with van der Waals surface area (Å²) >= 11 is 0. The Morgan fingerprint density at radius 3 is 3.00 bits per heavy atom. The summed E-state index contributed by atoms with van der Waals surface area (Å²) in [4.78, 5) is 11.2. The summed E-state index contributed by atoms with van der Waals surface area (Å²) in [6.45, 7) is 2.24. The van der Waals surface area contributed by atoms with E-state index in [-0.39, 0.29) is 12.1 Å². The molecule has 0 amide bonds. The van der Waals surface area contributed by atoms with E-state index in [2.05, 4.69) is 0 Å². The molecule has 1 aliphatic carbocycles. The van der Waals surface area contributed by atoms with Gasteiger partial charge in [0.05, 0.1) is 12.7 Å². The average molecular weight is 198 g/mol. The summed E-state index contributed by atoms with van der Waals surface area (Å²) in [5, 5.41) is 0. The van der Waals surface area contributed by atoms with Crippen LogP contribution in [0, 0.1) is 0 Å². The molecule has 1 unspecified atom stereocenters. The van der Waals surface area contributed by atoms with Gasteiger partial charge >= 0.3 is 5.97 Å². The van der Waals surface area contributed by atoms with Gasteiger partial charge in [-0.3, -0.25) is 0 Å².